The Kier molecular flexibility index (Phi) is 5.75. The molecule has 2 amide bonds. The SMILES string of the molecule is CSc1ccccc1C(=O)Nc1nc(-c2ccc(CNC(C)=O)o2)cs1. The van der Waals surface area contributed by atoms with Crippen molar-refractivity contribution < 1.29 is 14.0 Å². The Morgan fingerprint density at radius 3 is 2.81 bits per heavy atom. The van der Waals surface area contributed by atoms with E-state index in [-0.39, 0.29) is 11.8 Å². The molecule has 26 heavy (non-hydrogen) atoms. The van der Waals surface area contributed by atoms with Crippen LogP contribution in [0.5, 0.6) is 0 Å². The number of hydrogen-bond acceptors (Lipinski definition) is 6. The Morgan fingerprint density at radius 1 is 1.23 bits per heavy atom. The van der Waals surface area contributed by atoms with E-state index in [1.807, 2.05) is 29.8 Å². The predicted molar refractivity (Wildman–Crippen MR) is 104 cm³/mol. The zero-order chi connectivity index (χ0) is 18.5. The van der Waals surface area contributed by atoms with Crippen LogP contribution < -0.4 is 10.6 Å². The van der Waals surface area contributed by atoms with Crippen molar-refractivity contribution in [3.05, 3.63) is 53.1 Å². The van der Waals surface area contributed by atoms with E-state index in [1.165, 1.54) is 30.0 Å². The number of anilines is 1. The van der Waals surface area contributed by atoms with Crippen LogP contribution in [0.3, 0.4) is 0 Å². The maximum absolute atomic E-state index is 12.5. The van der Waals surface area contributed by atoms with Crippen molar-refractivity contribution in [1.82, 2.24) is 10.3 Å². The minimum Gasteiger partial charge on any atom is -0.458 e. The van der Waals surface area contributed by atoms with Crippen molar-refractivity contribution in [1.29, 1.82) is 0 Å². The molecule has 0 aliphatic rings. The summed E-state index contributed by atoms with van der Waals surface area (Å²) in [6.45, 7) is 1.78. The number of thiazole rings is 1. The molecule has 2 heterocycles. The van der Waals surface area contributed by atoms with E-state index in [0.717, 1.165) is 4.90 Å². The number of carbonyl (C=O) groups excluding carboxylic acids is 2. The molecule has 0 radical (unpaired) electrons. The number of aromatic nitrogens is 1. The van der Waals surface area contributed by atoms with Gasteiger partial charge in [-0.05, 0) is 30.5 Å². The number of amides is 2. The van der Waals surface area contributed by atoms with Crippen LogP contribution in [0.1, 0.15) is 23.0 Å². The van der Waals surface area contributed by atoms with Gasteiger partial charge in [-0.15, -0.1) is 23.1 Å². The first kappa shape index (κ1) is 18.2. The molecule has 0 atom stereocenters. The molecule has 0 unspecified atom stereocenters. The summed E-state index contributed by atoms with van der Waals surface area (Å²) < 4.78 is 5.67. The van der Waals surface area contributed by atoms with Gasteiger partial charge in [-0.25, -0.2) is 4.98 Å². The average Bonchev–Trinajstić information content (AvgIpc) is 3.29. The highest BCUT2D eigenvalue weighted by molar-refractivity contribution is 7.98. The van der Waals surface area contributed by atoms with Crippen LogP contribution in [0, 0.1) is 0 Å². The number of thioether (sulfide) groups is 1. The van der Waals surface area contributed by atoms with Crippen molar-refractivity contribution in [3.8, 4) is 11.5 Å². The maximum Gasteiger partial charge on any atom is 0.258 e. The molecule has 0 bridgehead atoms. The second kappa shape index (κ2) is 8.20. The summed E-state index contributed by atoms with van der Waals surface area (Å²) in [6.07, 6.45) is 1.93. The number of benzene rings is 1. The summed E-state index contributed by atoms with van der Waals surface area (Å²) in [5.74, 6) is 0.920. The lowest BCUT2D eigenvalue weighted by atomic mass is 10.2. The summed E-state index contributed by atoms with van der Waals surface area (Å²) >= 11 is 2.85. The molecular formula is C18H17N3O3S2. The third kappa shape index (κ3) is 4.33. The Labute approximate surface area is 159 Å². The first-order chi connectivity index (χ1) is 12.6. The highest BCUT2D eigenvalue weighted by Gasteiger charge is 2.14. The molecule has 8 heteroatoms. The van der Waals surface area contributed by atoms with Crippen LogP contribution in [-0.2, 0) is 11.3 Å². The zero-order valence-electron chi connectivity index (χ0n) is 14.2. The second-order valence-electron chi connectivity index (χ2n) is 5.37. The number of furan rings is 1. The van der Waals surface area contributed by atoms with Crippen LogP contribution in [0.25, 0.3) is 11.5 Å². The summed E-state index contributed by atoms with van der Waals surface area (Å²) in [7, 11) is 0. The summed E-state index contributed by atoms with van der Waals surface area (Å²) in [4.78, 5) is 28.7. The number of hydrogen-bond donors (Lipinski definition) is 2. The summed E-state index contributed by atoms with van der Waals surface area (Å²) in [5.41, 5.74) is 1.25. The largest absolute Gasteiger partial charge is 0.458 e. The van der Waals surface area contributed by atoms with Gasteiger partial charge < -0.3 is 9.73 Å². The van der Waals surface area contributed by atoms with Gasteiger partial charge in [-0.1, -0.05) is 12.1 Å². The van der Waals surface area contributed by atoms with E-state index in [0.29, 0.717) is 34.5 Å². The zero-order valence-corrected chi connectivity index (χ0v) is 15.9. The van der Waals surface area contributed by atoms with Gasteiger partial charge in [0.25, 0.3) is 5.91 Å². The Balaban J connectivity index is 1.70. The molecule has 0 saturated heterocycles. The molecule has 3 rings (SSSR count). The van der Waals surface area contributed by atoms with Gasteiger partial charge in [0.05, 0.1) is 12.1 Å². The Bertz CT molecular complexity index is 933. The molecule has 134 valence electrons. The number of nitrogens with zero attached hydrogens (tertiary/aromatic N) is 1. The maximum atomic E-state index is 12.5. The van der Waals surface area contributed by atoms with Crippen molar-refractivity contribution in [3.63, 3.8) is 0 Å². The third-order valence-electron chi connectivity index (χ3n) is 3.50. The highest BCUT2D eigenvalue weighted by Crippen LogP contribution is 2.27. The smallest absolute Gasteiger partial charge is 0.258 e. The van der Waals surface area contributed by atoms with Crippen molar-refractivity contribution in [2.24, 2.45) is 0 Å². The molecule has 0 fully saturated rings. The van der Waals surface area contributed by atoms with Gasteiger partial charge >= 0.3 is 0 Å². The van der Waals surface area contributed by atoms with Crippen molar-refractivity contribution >= 4 is 40.0 Å². The lowest BCUT2D eigenvalue weighted by molar-refractivity contribution is -0.119. The molecule has 3 aromatic rings. The lowest BCUT2D eigenvalue weighted by Gasteiger charge is -2.06. The molecule has 2 N–H and O–H groups in total. The van der Waals surface area contributed by atoms with Crippen LogP contribution in [0.2, 0.25) is 0 Å². The molecule has 0 aliphatic carbocycles. The topological polar surface area (TPSA) is 84.2 Å². The number of carbonyl (C=O) groups is 2. The van der Waals surface area contributed by atoms with Crippen LogP contribution >= 0.6 is 23.1 Å². The molecule has 0 aliphatic heterocycles. The predicted octanol–water partition coefficient (Wildman–Crippen LogP) is 4.01. The van der Waals surface area contributed by atoms with Gasteiger partial charge in [0.15, 0.2) is 10.9 Å². The van der Waals surface area contributed by atoms with Gasteiger partial charge in [0.2, 0.25) is 5.91 Å². The first-order valence-electron chi connectivity index (χ1n) is 7.80. The van der Waals surface area contributed by atoms with Crippen molar-refractivity contribution in [2.75, 3.05) is 11.6 Å². The third-order valence-corrected chi connectivity index (χ3v) is 5.06. The second-order valence-corrected chi connectivity index (χ2v) is 7.07. The minimum absolute atomic E-state index is 0.118. The van der Waals surface area contributed by atoms with E-state index in [4.69, 9.17) is 4.42 Å². The molecular weight excluding hydrogens is 370 g/mol. The van der Waals surface area contributed by atoms with Gasteiger partial charge in [-0.2, -0.15) is 0 Å². The van der Waals surface area contributed by atoms with E-state index in [2.05, 4.69) is 15.6 Å². The van der Waals surface area contributed by atoms with Crippen molar-refractivity contribution in [2.45, 2.75) is 18.4 Å². The van der Waals surface area contributed by atoms with Crippen LogP contribution in [-0.4, -0.2) is 23.1 Å². The highest BCUT2D eigenvalue weighted by atomic mass is 32.2. The van der Waals surface area contributed by atoms with E-state index >= 15 is 0 Å². The van der Waals surface area contributed by atoms with E-state index in [9.17, 15) is 9.59 Å². The van der Waals surface area contributed by atoms with Gasteiger partial charge in [0, 0.05) is 17.2 Å². The lowest BCUT2D eigenvalue weighted by Crippen LogP contribution is -2.18. The molecule has 1 aromatic carbocycles. The fourth-order valence-corrected chi connectivity index (χ4v) is 3.55. The number of rotatable bonds is 6. The Hall–Kier alpha value is -2.58. The van der Waals surface area contributed by atoms with E-state index < -0.39 is 0 Å². The van der Waals surface area contributed by atoms with Gasteiger partial charge in [0.1, 0.15) is 11.5 Å². The quantitative estimate of drug-likeness (QED) is 0.624. The number of nitrogens with one attached hydrogen (secondary N) is 2. The monoisotopic (exact) mass is 387 g/mol. The molecule has 6 nitrogen and oxygen atoms in total. The fourth-order valence-electron chi connectivity index (χ4n) is 2.26. The summed E-state index contributed by atoms with van der Waals surface area (Å²) in [6, 6.07) is 11.0. The normalized spacial score (nSPS) is 10.5. The molecule has 2 aromatic heterocycles. The molecule has 0 spiro atoms. The average molecular weight is 387 g/mol. The van der Waals surface area contributed by atoms with Gasteiger partial charge in [-0.3, -0.25) is 14.9 Å². The standard InChI is InChI=1S/C18H17N3O3S2/c1-11(22)19-9-12-7-8-15(24-12)14-10-26-18(20-14)21-17(23)13-5-3-4-6-16(13)25-2/h3-8,10H,9H2,1-2H3,(H,19,22)(H,20,21,23). The fraction of sp³-hybridized carbons (Fsp3) is 0.167. The Morgan fingerprint density at radius 2 is 2.04 bits per heavy atom. The van der Waals surface area contributed by atoms with Crippen LogP contribution in [0.15, 0.2) is 51.1 Å². The first-order valence-corrected chi connectivity index (χ1v) is 9.90. The minimum atomic E-state index is -0.193. The molecule has 0 saturated carbocycles. The van der Waals surface area contributed by atoms with Crippen LogP contribution in [0.4, 0.5) is 5.13 Å². The van der Waals surface area contributed by atoms with E-state index in [1.54, 1.807) is 18.2 Å². The summed E-state index contributed by atoms with van der Waals surface area (Å²) in [5, 5.41) is 7.82.